The molecule has 0 bridgehead atoms. The molecule has 7 heteroatoms. The second kappa shape index (κ2) is 9.11. The van der Waals surface area contributed by atoms with Gasteiger partial charge in [-0.05, 0) is 37.5 Å². The van der Waals surface area contributed by atoms with Crippen LogP contribution in [0, 0.1) is 19.8 Å². The van der Waals surface area contributed by atoms with Crippen molar-refractivity contribution in [3.63, 3.8) is 0 Å². The van der Waals surface area contributed by atoms with Crippen molar-refractivity contribution in [2.45, 2.75) is 45.5 Å². The minimum atomic E-state index is -0.655. The number of benzene rings is 1. The molecule has 1 aromatic carbocycles. The number of aryl methyl sites for hydroxylation is 2. The second-order valence-corrected chi connectivity index (χ2v) is 9.45. The predicted octanol–water partition coefficient (Wildman–Crippen LogP) is 4.26. The highest BCUT2D eigenvalue weighted by Crippen LogP contribution is 2.29. The molecule has 3 rings (SSSR count). The number of fused-ring (bicyclic) bond motifs is 1. The molecular formula is C21H26N2O3S2. The molecule has 28 heavy (non-hydrogen) atoms. The molecule has 5 nitrogen and oxygen atoms in total. The molecule has 0 fully saturated rings. The summed E-state index contributed by atoms with van der Waals surface area (Å²) in [6.07, 6.45) is -0.655. The maximum absolute atomic E-state index is 13.1. The maximum Gasteiger partial charge on any atom is 0.263 e. The van der Waals surface area contributed by atoms with E-state index < -0.39 is 6.10 Å². The van der Waals surface area contributed by atoms with Crippen LogP contribution in [0.15, 0.2) is 40.3 Å². The number of aliphatic hydroxyl groups is 1. The van der Waals surface area contributed by atoms with E-state index in [9.17, 15) is 9.90 Å². The Morgan fingerprint density at radius 1 is 1.25 bits per heavy atom. The number of hydrogen-bond acceptors (Lipinski definition) is 6. The Morgan fingerprint density at radius 2 is 1.96 bits per heavy atom. The predicted molar refractivity (Wildman–Crippen MR) is 117 cm³/mol. The summed E-state index contributed by atoms with van der Waals surface area (Å²) in [5.41, 5.74) is 1.03. The van der Waals surface area contributed by atoms with Crippen molar-refractivity contribution in [2.24, 2.45) is 5.92 Å². The van der Waals surface area contributed by atoms with Gasteiger partial charge in [0.2, 0.25) is 0 Å². The quantitative estimate of drug-likeness (QED) is 0.437. The molecule has 2 aromatic heterocycles. The lowest BCUT2D eigenvalue weighted by Gasteiger charge is -2.16. The normalized spacial score (nSPS) is 12.6. The van der Waals surface area contributed by atoms with Crippen LogP contribution in [0.5, 0.6) is 5.75 Å². The zero-order valence-corrected chi connectivity index (χ0v) is 18.3. The highest BCUT2D eigenvalue weighted by molar-refractivity contribution is 7.99. The summed E-state index contributed by atoms with van der Waals surface area (Å²) in [5, 5.41) is 11.7. The van der Waals surface area contributed by atoms with Crippen molar-refractivity contribution in [2.75, 3.05) is 12.4 Å². The Hall–Kier alpha value is -1.83. The van der Waals surface area contributed by atoms with Gasteiger partial charge in [0.05, 0.1) is 11.5 Å². The van der Waals surface area contributed by atoms with Gasteiger partial charge in [0.25, 0.3) is 5.56 Å². The number of para-hydroxylation sites is 1. The fourth-order valence-electron chi connectivity index (χ4n) is 2.87. The van der Waals surface area contributed by atoms with Crippen LogP contribution in [-0.2, 0) is 6.54 Å². The van der Waals surface area contributed by atoms with Crippen molar-refractivity contribution in [3.8, 4) is 5.75 Å². The Labute approximate surface area is 173 Å². The maximum atomic E-state index is 13.1. The molecule has 3 aromatic rings. The zero-order valence-electron chi connectivity index (χ0n) is 16.6. The third kappa shape index (κ3) is 4.77. The molecule has 150 valence electrons. The van der Waals surface area contributed by atoms with Gasteiger partial charge in [0, 0.05) is 17.2 Å². The fourth-order valence-corrected chi connectivity index (χ4v) is 4.86. The van der Waals surface area contributed by atoms with Gasteiger partial charge < -0.3 is 9.84 Å². The van der Waals surface area contributed by atoms with E-state index in [1.807, 2.05) is 44.2 Å². The molecule has 0 aliphatic carbocycles. The molecule has 0 amide bonds. The average Bonchev–Trinajstić information content (AvgIpc) is 2.95. The number of nitrogens with zero attached hydrogens (tertiary/aromatic N) is 2. The molecule has 1 atom stereocenters. The molecular weight excluding hydrogens is 392 g/mol. The van der Waals surface area contributed by atoms with Crippen molar-refractivity contribution < 1.29 is 9.84 Å². The molecule has 0 saturated carbocycles. The van der Waals surface area contributed by atoms with Gasteiger partial charge in [-0.25, -0.2) is 4.98 Å². The highest BCUT2D eigenvalue weighted by atomic mass is 32.2. The first kappa shape index (κ1) is 20.9. The first-order chi connectivity index (χ1) is 13.4. The van der Waals surface area contributed by atoms with Crippen LogP contribution in [-0.4, -0.2) is 33.1 Å². The number of thiophene rings is 1. The summed E-state index contributed by atoms with van der Waals surface area (Å²) in [7, 11) is 0. The Morgan fingerprint density at radius 3 is 2.64 bits per heavy atom. The van der Waals surface area contributed by atoms with Gasteiger partial charge >= 0.3 is 0 Å². The second-order valence-electron chi connectivity index (χ2n) is 7.26. The first-order valence-corrected chi connectivity index (χ1v) is 11.2. The molecule has 0 unspecified atom stereocenters. The lowest BCUT2D eigenvalue weighted by molar-refractivity contribution is 0.126. The van der Waals surface area contributed by atoms with Gasteiger partial charge in [0.1, 0.15) is 17.2 Å². The standard InChI is InChI=1S/C21H26N2O3S2/c1-13(2)10-23-20(25)18-14(3)15(4)28-19(18)22-21(23)27-12-16(24)11-26-17-8-6-5-7-9-17/h5-9,13,16,24H,10-12H2,1-4H3/t16-/m0/s1. The third-order valence-electron chi connectivity index (χ3n) is 4.39. The molecule has 0 aliphatic heterocycles. The molecule has 0 aliphatic rings. The van der Waals surface area contributed by atoms with Crippen molar-refractivity contribution >= 4 is 33.3 Å². The highest BCUT2D eigenvalue weighted by Gasteiger charge is 2.18. The smallest absolute Gasteiger partial charge is 0.263 e. The minimum absolute atomic E-state index is 0.0121. The Balaban J connectivity index is 1.78. The van der Waals surface area contributed by atoms with Crippen LogP contribution in [0.3, 0.4) is 0 Å². The van der Waals surface area contributed by atoms with E-state index in [4.69, 9.17) is 9.72 Å². The van der Waals surface area contributed by atoms with Crippen molar-refractivity contribution in [1.29, 1.82) is 0 Å². The van der Waals surface area contributed by atoms with Crippen LogP contribution in [0.2, 0.25) is 0 Å². The van der Waals surface area contributed by atoms with Crippen LogP contribution in [0.25, 0.3) is 10.2 Å². The van der Waals surface area contributed by atoms with E-state index in [0.717, 1.165) is 26.4 Å². The summed E-state index contributed by atoms with van der Waals surface area (Å²) < 4.78 is 7.37. The summed E-state index contributed by atoms with van der Waals surface area (Å²) in [6, 6.07) is 9.42. The molecule has 0 spiro atoms. The number of aromatic nitrogens is 2. The van der Waals surface area contributed by atoms with E-state index in [1.54, 1.807) is 15.9 Å². The summed E-state index contributed by atoms with van der Waals surface area (Å²) in [5.74, 6) is 1.46. The molecule has 0 radical (unpaired) electrons. The van der Waals surface area contributed by atoms with Crippen molar-refractivity contribution in [1.82, 2.24) is 9.55 Å². The van der Waals surface area contributed by atoms with Crippen molar-refractivity contribution in [3.05, 3.63) is 51.1 Å². The first-order valence-electron chi connectivity index (χ1n) is 9.36. The van der Waals surface area contributed by atoms with E-state index in [0.29, 0.717) is 23.4 Å². The van der Waals surface area contributed by atoms with Gasteiger partial charge in [-0.1, -0.05) is 43.8 Å². The monoisotopic (exact) mass is 418 g/mol. The van der Waals surface area contributed by atoms with Crippen LogP contribution >= 0.6 is 23.1 Å². The van der Waals surface area contributed by atoms with E-state index in [-0.39, 0.29) is 12.2 Å². The van der Waals surface area contributed by atoms with Crippen LogP contribution in [0.4, 0.5) is 0 Å². The number of thioether (sulfide) groups is 1. The van der Waals surface area contributed by atoms with Crippen LogP contribution < -0.4 is 10.3 Å². The largest absolute Gasteiger partial charge is 0.491 e. The molecule has 2 heterocycles. The van der Waals surface area contributed by atoms with Gasteiger partial charge in [0.15, 0.2) is 5.16 Å². The summed E-state index contributed by atoms with van der Waals surface area (Å²) in [4.78, 5) is 19.8. The molecule has 1 N–H and O–H groups in total. The lowest BCUT2D eigenvalue weighted by Crippen LogP contribution is -2.26. The fraction of sp³-hybridized carbons (Fsp3) is 0.429. The lowest BCUT2D eigenvalue weighted by atomic mass is 10.2. The van der Waals surface area contributed by atoms with E-state index in [1.165, 1.54) is 11.8 Å². The minimum Gasteiger partial charge on any atom is -0.491 e. The average molecular weight is 419 g/mol. The third-order valence-corrected chi connectivity index (χ3v) is 6.61. The SMILES string of the molecule is Cc1sc2nc(SC[C@@H](O)COc3ccccc3)n(CC(C)C)c(=O)c2c1C. The van der Waals surface area contributed by atoms with Gasteiger partial charge in [-0.15, -0.1) is 11.3 Å². The topological polar surface area (TPSA) is 64.4 Å². The Kier molecular flexibility index (Phi) is 6.80. The van der Waals surface area contributed by atoms with E-state index in [2.05, 4.69) is 13.8 Å². The number of rotatable bonds is 8. The van der Waals surface area contributed by atoms with E-state index >= 15 is 0 Å². The summed E-state index contributed by atoms with van der Waals surface area (Å²) in [6.45, 7) is 8.97. The van der Waals surface area contributed by atoms with Gasteiger partial charge in [-0.3, -0.25) is 9.36 Å². The Bertz CT molecular complexity index is 996. The zero-order chi connectivity index (χ0) is 20.3. The van der Waals surface area contributed by atoms with Gasteiger partial charge in [-0.2, -0.15) is 0 Å². The number of aliphatic hydroxyl groups excluding tert-OH is 1. The molecule has 0 saturated heterocycles. The number of ether oxygens (including phenoxy) is 1. The number of hydrogen-bond donors (Lipinski definition) is 1. The van der Waals surface area contributed by atoms with Crippen LogP contribution in [0.1, 0.15) is 24.3 Å². The summed E-state index contributed by atoms with van der Waals surface area (Å²) >= 11 is 2.96.